The zero-order valence-corrected chi connectivity index (χ0v) is 16.0. The second-order valence-corrected chi connectivity index (χ2v) is 7.77. The van der Waals surface area contributed by atoms with Gasteiger partial charge in [-0.3, -0.25) is 9.52 Å². The van der Waals surface area contributed by atoms with Crippen molar-refractivity contribution in [1.29, 1.82) is 0 Å². The van der Waals surface area contributed by atoms with Gasteiger partial charge in [0.1, 0.15) is 0 Å². The van der Waals surface area contributed by atoms with Crippen LogP contribution in [0.5, 0.6) is 0 Å². The Balaban J connectivity index is 2.23. The number of amides is 1. The van der Waals surface area contributed by atoms with E-state index in [0.29, 0.717) is 5.69 Å². The van der Waals surface area contributed by atoms with Gasteiger partial charge in [-0.25, -0.2) is 13.2 Å². The normalized spacial score (nSPS) is 10.9. The molecule has 2 aromatic rings. The quantitative estimate of drug-likeness (QED) is 0.727. The highest BCUT2D eigenvalue weighted by Crippen LogP contribution is 2.25. The number of halogens is 2. The fourth-order valence-electron chi connectivity index (χ4n) is 2.01. The highest BCUT2D eigenvalue weighted by molar-refractivity contribution is 7.92. The molecular weight excluding hydrogens is 403 g/mol. The molecule has 0 aliphatic heterocycles. The molecule has 2 rings (SSSR count). The van der Waals surface area contributed by atoms with Gasteiger partial charge in [0.2, 0.25) is 10.0 Å². The van der Waals surface area contributed by atoms with Gasteiger partial charge in [0, 0.05) is 11.3 Å². The first-order valence-corrected chi connectivity index (χ1v) is 9.72. The summed E-state index contributed by atoms with van der Waals surface area (Å²) in [5.74, 6) is -1.14. The maximum absolute atomic E-state index is 12.3. The maximum Gasteiger partial charge on any atom is 0.339 e. The Morgan fingerprint density at radius 3 is 2.31 bits per heavy atom. The van der Waals surface area contributed by atoms with Gasteiger partial charge in [0.15, 0.2) is 0 Å². The van der Waals surface area contributed by atoms with Gasteiger partial charge in [-0.15, -0.1) is 0 Å². The van der Waals surface area contributed by atoms with E-state index in [1.807, 2.05) is 0 Å². The fourth-order valence-corrected chi connectivity index (χ4v) is 3.07. The van der Waals surface area contributed by atoms with Gasteiger partial charge in [0.05, 0.1) is 34.7 Å². The van der Waals surface area contributed by atoms with Crippen LogP contribution in [0, 0.1) is 0 Å². The Bertz CT molecular complexity index is 977. The number of nitrogens with one attached hydrogen (secondary N) is 2. The van der Waals surface area contributed by atoms with Crippen molar-refractivity contribution in [2.45, 2.75) is 0 Å². The molecule has 0 fully saturated rings. The number of methoxy groups -OCH3 is 1. The highest BCUT2D eigenvalue weighted by Gasteiger charge is 2.14. The number of benzene rings is 2. The zero-order valence-electron chi connectivity index (χ0n) is 13.7. The number of esters is 1. The van der Waals surface area contributed by atoms with Gasteiger partial charge in [-0.05, 0) is 36.4 Å². The average molecular weight is 417 g/mol. The molecule has 26 heavy (non-hydrogen) atoms. The molecule has 0 radical (unpaired) electrons. The first-order chi connectivity index (χ1) is 12.1. The zero-order chi connectivity index (χ0) is 19.5. The molecule has 2 aromatic carbocycles. The smallest absolute Gasteiger partial charge is 0.339 e. The summed E-state index contributed by atoms with van der Waals surface area (Å²) in [6.45, 7) is 0. The first-order valence-electron chi connectivity index (χ1n) is 7.07. The molecule has 0 spiro atoms. The van der Waals surface area contributed by atoms with E-state index in [1.54, 1.807) is 0 Å². The topological polar surface area (TPSA) is 102 Å². The molecule has 0 saturated carbocycles. The van der Waals surface area contributed by atoms with Crippen molar-refractivity contribution in [3.63, 3.8) is 0 Å². The summed E-state index contributed by atoms with van der Waals surface area (Å²) in [5, 5.41) is 2.85. The molecule has 2 N–H and O–H groups in total. The Labute approximate surface area is 160 Å². The molecule has 138 valence electrons. The molecule has 0 bridgehead atoms. The Morgan fingerprint density at radius 2 is 1.73 bits per heavy atom. The van der Waals surface area contributed by atoms with Crippen LogP contribution in [0.1, 0.15) is 20.7 Å². The van der Waals surface area contributed by atoms with Gasteiger partial charge < -0.3 is 10.1 Å². The van der Waals surface area contributed by atoms with E-state index in [2.05, 4.69) is 14.8 Å². The fraction of sp³-hybridized carbons (Fsp3) is 0.125. The van der Waals surface area contributed by atoms with E-state index in [4.69, 9.17) is 23.2 Å². The molecule has 0 aliphatic carbocycles. The van der Waals surface area contributed by atoms with E-state index >= 15 is 0 Å². The van der Waals surface area contributed by atoms with Gasteiger partial charge in [0.25, 0.3) is 5.91 Å². The third-order valence-corrected chi connectivity index (χ3v) is 4.39. The number of hydrogen-bond acceptors (Lipinski definition) is 5. The number of ether oxygens (including phenoxy) is 1. The highest BCUT2D eigenvalue weighted by atomic mass is 35.5. The van der Waals surface area contributed by atoms with Gasteiger partial charge in [-0.1, -0.05) is 23.2 Å². The lowest BCUT2D eigenvalue weighted by atomic mass is 10.1. The van der Waals surface area contributed by atoms with Crippen molar-refractivity contribution in [3.8, 4) is 0 Å². The SMILES string of the molecule is COC(=O)c1cc(NC(=O)c2ccc(NS(C)(=O)=O)c(Cl)c2)ccc1Cl. The first kappa shape index (κ1) is 20.0. The van der Waals surface area contributed by atoms with Gasteiger partial charge in [-0.2, -0.15) is 0 Å². The summed E-state index contributed by atoms with van der Waals surface area (Å²) >= 11 is 11.9. The summed E-state index contributed by atoms with van der Waals surface area (Å²) in [6, 6.07) is 8.46. The summed E-state index contributed by atoms with van der Waals surface area (Å²) in [7, 11) is -2.27. The number of carbonyl (C=O) groups excluding carboxylic acids is 2. The molecule has 1 amide bonds. The van der Waals surface area contributed by atoms with Crippen LogP contribution in [-0.2, 0) is 14.8 Å². The minimum Gasteiger partial charge on any atom is -0.465 e. The van der Waals surface area contributed by atoms with Crippen molar-refractivity contribution in [1.82, 2.24) is 0 Å². The Kier molecular flexibility index (Phi) is 6.12. The largest absolute Gasteiger partial charge is 0.465 e. The van der Waals surface area contributed by atoms with Crippen LogP contribution >= 0.6 is 23.2 Å². The van der Waals surface area contributed by atoms with Crippen LogP contribution in [0.15, 0.2) is 36.4 Å². The van der Waals surface area contributed by atoms with Crippen LogP contribution in [0.2, 0.25) is 10.0 Å². The van der Waals surface area contributed by atoms with Crippen molar-refractivity contribution < 1.29 is 22.7 Å². The van der Waals surface area contributed by atoms with Crippen molar-refractivity contribution in [2.75, 3.05) is 23.4 Å². The van der Waals surface area contributed by atoms with Crippen molar-refractivity contribution in [3.05, 3.63) is 57.6 Å². The standard InChI is InChI=1S/C16H14Cl2N2O5S/c1-25-16(22)11-8-10(4-5-12(11)17)19-15(21)9-3-6-14(13(18)7-9)20-26(2,23)24/h3-8,20H,1-2H3,(H,19,21). The van der Waals surface area contributed by atoms with E-state index in [-0.39, 0.29) is 26.9 Å². The second-order valence-electron chi connectivity index (χ2n) is 5.21. The van der Waals surface area contributed by atoms with Crippen molar-refractivity contribution in [2.24, 2.45) is 0 Å². The van der Waals surface area contributed by atoms with Gasteiger partial charge >= 0.3 is 5.97 Å². The molecule has 0 aliphatic rings. The third-order valence-electron chi connectivity index (χ3n) is 3.16. The van der Waals surface area contributed by atoms with Crippen LogP contribution in [-0.4, -0.2) is 33.7 Å². The number of hydrogen-bond donors (Lipinski definition) is 2. The number of anilines is 2. The minimum atomic E-state index is -3.49. The average Bonchev–Trinajstić information content (AvgIpc) is 2.56. The lowest BCUT2D eigenvalue weighted by Gasteiger charge is -2.10. The number of carbonyl (C=O) groups is 2. The van der Waals surface area contributed by atoms with Crippen LogP contribution in [0.25, 0.3) is 0 Å². The van der Waals surface area contributed by atoms with Crippen LogP contribution < -0.4 is 10.0 Å². The van der Waals surface area contributed by atoms with E-state index in [1.165, 1.54) is 43.5 Å². The van der Waals surface area contributed by atoms with Crippen LogP contribution in [0.4, 0.5) is 11.4 Å². The van der Waals surface area contributed by atoms with Crippen molar-refractivity contribution >= 4 is 56.5 Å². The predicted octanol–water partition coefficient (Wildman–Crippen LogP) is 3.40. The molecule has 0 aromatic heterocycles. The molecule has 0 atom stereocenters. The molecule has 0 saturated heterocycles. The molecular formula is C16H14Cl2N2O5S. The van der Waals surface area contributed by atoms with E-state index in [0.717, 1.165) is 6.26 Å². The minimum absolute atomic E-state index is 0.0643. The summed E-state index contributed by atoms with van der Waals surface area (Å²) in [4.78, 5) is 24.0. The summed E-state index contributed by atoms with van der Waals surface area (Å²) < 4.78 is 29.4. The molecule has 0 unspecified atom stereocenters. The second kappa shape index (κ2) is 7.94. The number of rotatable bonds is 5. The summed E-state index contributed by atoms with van der Waals surface area (Å²) in [5.41, 5.74) is 0.792. The monoisotopic (exact) mass is 416 g/mol. The predicted molar refractivity (Wildman–Crippen MR) is 101 cm³/mol. The van der Waals surface area contributed by atoms with Crippen LogP contribution in [0.3, 0.4) is 0 Å². The lowest BCUT2D eigenvalue weighted by Crippen LogP contribution is -2.14. The maximum atomic E-state index is 12.3. The third kappa shape index (κ3) is 5.10. The lowest BCUT2D eigenvalue weighted by molar-refractivity contribution is 0.0600. The Hall–Kier alpha value is -2.29. The molecule has 0 heterocycles. The number of sulfonamides is 1. The molecule has 10 heteroatoms. The van der Waals surface area contributed by atoms with E-state index in [9.17, 15) is 18.0 Å². The molecule has 7 nitrogen and oxygen atoms in total. The Morgan fingerprint density at radius 1 is 1.04 bits per heavy atom. The summed E-state index contributed by atoms with van der Waals surface area (Å²) in [6.07, 6.45) is 0.989. The van der Waals surface area contributed by atoms with E-state index < -0.39 is 21.9 Å².